The van der Waals surface area contributed by atoms with Crippen molar-refractivity contribution >= 4 is 17.4 Å². The Labute approximate surface area is 162 Å². The number of fused-ring (bicyclic) bond motifs is 1. The molecule has 7 heteroatoms. The molecule has 1 N–H and O–H groups in total. The molecule has 27 heavy (non-hydrogen) atoms. The molecule has 1 unspecified atom stereocenters. The molecule has 0 bridgehead atoms. The number of aromatic nitrogens is 4. The number of rotatable bonds is 3. The van der Waals surface area contributed by atoms with Gasteiger partial charge in [-0.25, -0.2) is 4.68 Å². The van der Waals surface area contributed by atoms with E-state index < -0.39 is 0 Å². The lowest BCUT2D eigenvalue weighted by Crippen LogP contribution is -2.31. The molecule has 0 fully saturated rings. The summed E-state index contributed by atoms with van der Waals surface area (Å²) in [5.74, 6) is -0.177. The molecule has 4 rings (SSSR count). The molecule has 1 aromatic carbocycles. The molecule has 1 atom stereocenters. The van der Waals surface area contributed by atoms with Crippen molar-refractivity contribution in [1.29, 1.82) is 0 Å². The van der Waals surface area contributed by atoms with E-state index in [1.165, 1.54) is 22.8 Å². The van der Waals surface area contributed by atoms with Crippen LogP contribution >= 0.6 is 11.5 Å². The molecular formula is C20H23N5OS. The first-order valence-corrected chi connectivity index (χ1v) is 10.0. The number of benzene rings is 1. The third-order valence-electron chi connectivity index (χ3n) is 5.06. The number of nitrogens with zero attached hydrogens (tertiary/aromatic N) is 4. The minimum absolute atomic E-state index is 0.0365. The van der Waals surface area contributed by atoms with Gasteiger partial charge in [0.2, 0.25) is 0 Å². The Balaban J connectivity index is 1.59. The molecule has 3 aromatic rings. The van der Waals surface area contributed by atoms with Gasteiger partial charge in [0.05, 0.1) is 17.9 Å². The first-order valence-electron chi connectivity index (χ1n) is 9.19. The van der Waals surface area contributed by atoms with Crippen molar-refractivity contribution in [2.75, 3.05) is 0 Å². The highest BCUT2D eigenvalue weighted by molar-refractivity contribution is 7.03. The summed E-state index contributed by atoms with van der Waals surface area (Å²) in [7, 11) is 0. The van der Waals surface area contributed by atoms with E-state index in [1.807, 2.05) is 10.9 Å². The van der Waals surface area contributed by atoms with Crippen molar-refractivity contribution in [1.82, 2.24) is 24.7 Å². The van der Waals surface area contributed by atoms with Crippen molar-refractivity contribution in [3.63, 3.8) is 0 Å². The fourth-order valence-electron chi connectivity index (χ4n) is 3.53. The van der Waals surface area contributed by atoms with Gasteiger partial charge < -0.3 is 5.32 Å². The maximum absolute atomic E-state index is 12.4. The number of amides is 1. The predicted octanol–water partition coefficient (Wildman–Crippen LogP) is 3.83. The minimum Gasteiger partial charge on any atom is -0.344 e. The summed E-state index contributed by atoms with van der Waals surface area (Å²) in [6, 6.07) is 8.54. The molecule has 0 radical (unpaired) electrons. The Morgan fingerprint density at radius 1 is 1.26 bits per heavy atom. The van der Waals surface area contributed by atoms with Crippen LogP contribution in [0.4, 0.5) is 0 Å². The molecule has 1 amide bonds. The van der Waals surface area contributed by atoms with E-state index in [0.717, 1.165) is 30.5 Å². The second kappa shape index (κ2) is 6.88. The van der Waals surface area contributed by atoms with Crippen molar-refractivity contribution in [3.8, 4) is 5.69 Å². The van der Waals surface area contributed by atoms with E-state index in [2.05, 4.69) is 65.0 Å². The van der Waals surface area contributed by atoms with Crippen LogP contribution in [0, 0.1) is 0 Å². The normalized spacial score (nSPS) is 16.8. The minimum atomic E-state index is -0.177. The molecule has 2 aromatic heterocycles. The maximum Gasteiger partial charge on any atom is 0.273 e. The third kappa shape index (κ3) is 3.51. The summed E-state index contributed by atoms with van der Waals surface area (Å²) in [6.07, 6.45) is 4.77. The third-order valence-corrected chi connectivity index (χ3v) is 5.56. The fourth-order valence-corrected chi connectivity index (χ4v) is 3.96. The second-order valence-electron chi connectivity index (χ2n) is 7.96. The molecule has 0 spiro atoms. The second-order valence-corrected chi connectivity index (χ2v) is 8.57. The summed E-state index contributed by atoms with van der Waals surface area (Å²) in [5.41, 5.74) is 5.12. The lowest BCUT2D eigenvalue weighted by molar-refractivity contribution is 0.0927. The lowest BCUT2D eigenvalue weighted by Gasteiger charge is -2.24. The average molecular weight is 382 g/mol. The zero-order chi connectivity index (χ0) is 19.0. The number of hydrogen-bond acceptors (Lipinski definition) is 5. The Kier molecular flexibility index (Phi) is 4.55. The molecular weight excluding hydrogens is 358 g/mol. The highest BCUT2D eigenvalue weighted by atomic mass is 32.1. The zero-order valence-electron chi connectivity index (χ0n) is 15.8. The van der Waals surface area contributed by atoms with Crippen LogP contribution in [-0.2, 0) is 11.8 Å². The van der Waals surface area contributed by atoms with Crippen molar-refractivity contribution in [2.45, 2.75) is 51.5 Å². The standard InChI is InChI=1S/C20H23N5OS/c1-20(2,3)13-7-9-14(10-8-13)25-18-6-4-5-16(15(18)11-21-25)22-19(26)17-12-27-24-23-17/h7-12,16H,4-6H2,1-3H3,(H,22,26). The van der Waals surface area contributed by atoms with Crippen molar-refractivity contribution < 1.29 is 4.79 Å². The summed E-state index contributed by atoms with van der Waals surface area (Å²) >= 11 is 1.18. The summed E-state index contributed by atoms with van der Waals surface area (Å²) < 4.78 is 5.77. The van der Waals surface area contributed by atoms with Gasteiger partial charge in [-0.05, 0) is 53.9 Å². The van der Waals surface area contributed by atoms with Crippen LogP contribution < -0.4 is 5.32 Å². The molecule has 0 aliphatic heterocycles. The van der Waals surface area contributed by atoms with Gasteiger partial charge in [0, 0.05) is 16.6 Å². The smallest absolute Gasteiger partial charge is 0.273 e. The molecule has 140 valence electrons. The summed E-state index contributed by atoms with van der Waals surface area (Å²) in [4.78, 5) is 12.4. The topological polar surface area (TPSA) is 72.7 Å². The van der Waals surface area contributed by atoms with Gasteiger partial charge in [-0.3, -0.25) is 4.79 Å². The lowest BCUT2D eigenvalue weighted by atomic mass is 9.87. The van der Waals surface area contributed by atoms with Gasteiger partial charge in [-0.2, -0.15) is 5.10 Å². The van der Waals surface area contributed by atoms with Crippen LogP contribution in [0.5, 0.6) is 0 Å². The molecule has 6 nitrogen and oxygen atoms in total. The van der Waals surface area contributed by atoms with Crippen LogP contribution in [0.1, 0.15) is 67.0 Å². The van der Waals surface area contributed by atoms with E-state index in [9.17, 15) is 4.79 Å². The van der Waals surface area contributed by atoms with Gasteiger partial charge in [0.1, 0.15) is 0 Å². The predicted molar refractivity (Wildman–Crippen MR) is 105 cm³/mol. The Morgan fingerprint density at radius 3 is 2.70 bits per heavy atom. The number of nitrogens with one attached hydrogen (secondary N) is 1. The highest BCUT2D eigenvalue weighted by Crippen LogP contribution is 2.32. The van der Waals surface area contributed by atoms with Gasteiger partial charge >= 0.3 is 0 Å². The Bertz CT molecular complexity index is 938. The monoisotopic (exact) mass is 381 g/mol. The van der Waals surface area contributed by atoms with E-state index in [-0.39, 0.29) is 17.4 Å². The number of carbonyl (C=O) groups is 1. The van der Waals surface area contributed by atoms with Gasteiger partial charge in [0.25, 0.3) is 5.91 Å². The SMILES string of the molecule is CC(C)(C)c1ccc(-n2ncc3c2CCCC3NC(=O)c2csnn2)cc1. The quantitative estimate of drug-likeness (QED) is 0.748. The Hall–Kier alpha value is -2.54. The van der Waals surface area contributed by atoms with Crippen LogP contribution in [0.2, 0.25) is 0 Å². The van der Waals surface area contributed by atoms with Crippen molar-refractivity contribution in [3.05, 3.63) is 58.4 Å². The van der Waals surface area contributed by atoms with E-state index in [4.69, 9.17) is 0 Å². The van der Waals surface area contributed by atoms with Crippen LogP contribution in [0.3, 0.4) is 0 Å². The molecule has 1 aliphatic carbocycles. The van der Waals surface area contributed by atoms with Gasteiger partial charge in [-0.15, -0.1) is 5.10 Å². The van der Waals surface area contributed by atoms with Crippen LogP contribution in [0.15, 0.2) is 35.8 Å². The first kappa shape index (κ1) is 17.9. The first-order chi connectivity index (χ1) is 12.9. The highest BCUT2D eigenvalue weighted by Gasteiger charge is 2.27. The fraction of sp³-hybridized carbons (Fsp3) is 0.400. The van der Waals surface area contributed by atoms with Gasteiger partial charge in [-0.1, -0.05) is 37.4 Å². The Morgan fingerprint density at radius 2 is 2.04 bits per heavy atom. The van der Waals surface area contributed by atoms with Crippen LogP contribution in [-0.4, -0.2) is 25.3 Å². The molecule has 0 saturated carbocycles. The summed E-state index contributed by atoms with van der Waals surface area (Å²) in [6.45, 7) is 6.63. The molecule has 1 aliphatic rings. The largest absolute Gasteiger partial charge is 0.344 e. The zero-order valence-corrected chi connectivity index (χ0v) is 16.6. The van der Waals surface area contributed by atoms with E-state index in [1.54, 1.807) is 5.38 Å². The summed E-state index contributed by atoms with van der Waals surface area (Å²) in [5, 5.41) is 13.2. The molecule has 2 heterocycles. The van der Waals surface area contributed by atoms with Crippen molar-refractivity contribution in [2.24, 2.45) is 0 Å². The van der Waals surface area contributed by atoms with E-state index in [0.29, 0.717) is 5.69 Å². The number of hydrogen-bond donors (Lipinski definition) is 1. The number of carbonyl (C=O) groups excluding carboxylic acids is 1. The maximum atomic E-state index is 12.4. The van der Waals surface area contributed by atoms with Crippen LogP contribution in [0.25, 0.3) is 5.69 Å². The van der Waals surface area contributed by atoms with E-state index >= 15 is 0 Å². The average Bonchev–Trinajstić information content (AvgIpc) is 3.31. The van der Waals surface area contributed by atoms with Gasteiger partial charge in [0.15, 0.2) is 5.69 Å². The molecule has 0 saturated heterocycles.